The van der Waals surface area contributed by atoms with E-state index in [1.54, 1.807) is 30.5 Å². The Hall–Kier alpha value is -2.26. The Bertz CT molecular complexity index is 842. The second kappa shape index (κ2) is 6.93. The molecule has 1 fully saturated rings. The van der Waals surface area contributed by atoms with E-state index in [1.165, 1.54) is 21.5 Å². The predicted octanol–water partition coefficient (Wildman–Crippen LogP) is 1.27. The molecule has 0 N–H and O–H groups in total. The molecule has 3 rings (SSSR count). The topological polar surface area (TPSA) is 88.4 Å². The van der Waals surface area contributed by atoms with Gasteiger partial charge in [0, 0.05) is 50.3 Å². The molecule has 0 aromatic carbocycles. The maximum atomic E-state index is 12.7. The van der Waals surface area contributed by atoms with Crippen molar-refractivity contribution in [1.82, 2.24) is 23.7 Å². The van der Waals surface area contributed by atoms with Gasteiger partial charge in [0.05, 0.1) is 11.9 Å². The highest BCUT2D eigenvalue weighted by Crippen LogP contribution is 2.20. The molecule has 0 spiro atoms. The lowest BCUT2D eigenvalue weighted by Crippen LogP contribution is -2.47. The molecule has 8 nitrogen and oxygen atoms in total. The summed E-state index contributed by atoms with van der Waals surface area (Å²) >= 11 is 0. The lowest BCUT2D eigenvalue weighted by molar-refractivity contribution is 0.164. The largest absolute Gasteiger partial charge is 0.329 e. The fourth-order valence-corrected chi connectivity index (χ4v) is 3.87. The smallest absolute Gasteiger partial charge is 0.324 e. The highest BCUT2D eigenvalue weighted by molar-refractivity contribution is 7.88. The highest BCUT2D eigenvalue weighted by Gasteiger charge is 2.29. The van der Waals surface area contributed by atoms with Gasteiger partial charge in [0.2, 0.25) is 10.0 Å². The van der Waals surface area contributed by atoms with Gasteiger partial charge in [-0.05, 0) is 25.0 Å². The molecule has 0 radical (unpaired) electrons. The summed E-state index contributed by atoms with van der Waals surface area (Å²) < 4.78 is 26.1. The molecular weight excluding hydrogens is 342 g/mol. The van der Waals surface area contributed by atoms with Crippen molar-refractivity contribution in [3.63, 3.8) is 0 Å². The van der Waals surface area contributed by atoms with Gasteiger partial charge in [-0.2, -0.15) is 0 Å². The molecule has 0 atom stereocenters. The zero-order chi connectivity index (χ0) is 18.0. The Morgan fingerprint density at radius 3 is 2.48 bits per heavy atom. The van der Waals surface area contributed by atoms with Gasteiger partial charge >= 0.3 is 6.03 Å². The first-order valence-corrected chi connectivity index (χ1v) is 9.88. The maximum absolute atomic E-state index is 12.7. The standard InChI is InChI=1S/C16H21N5O3S/c1-19(14-5-9-21(10-6-14)25(2,23)24)16(22)20-11-15(18-12-20)13-3-7-17-8-4-13/h3-4,7-8,11-12,14H,5-6,9-10H2,1-2H3. The summed E-state index contributed by atoms with van der Waals surface area (Å²) in [5.41, 5.74) is 1.60. The highest BCUT2D eigenvalue weighted by atomic mass is 32.2. The van der Waals surface area contributed by atoms with Crippen molar-refractivity contribution in [2.45, 2.75) is 18.9 Å². The van der Waals surface area contributed by atoms with Gasteiger partial charge in [-0.15, -0.1) is 0 Å². The van der Waals surface area contributed by atoms with E-state index >= 15 is 0 Å². The van der Waals surface area contributed by atoms with Crippen molar-refractivity contribution >= 4 is 16.1 Å². The minimum atomic E-state index is -3.17. The lowest BCUT2D eigenvalue weighted by Gasteiger charge is -2.35. The first-order valence-electron chi connectivity index (χ1n) is 8.03. The third-order valence-corrected chi connectivity index (χ3v) is 5.82. The van der Waals surface area contributed by atoms with Crippen molar-refractivity contribution in [2.75, 3.05) is 26.4 Å². The van der Waals surface area contributed by atoms with Gasteiger partial charge in [0.15, 0.2) is 0 Å². The molecule has 1 saturated heterocycles. The van der Waals surface area contributed by atoms with Gasteiger partial charge in [-0.3, -0.25) is 9.55 Å². The van der Waals surface area contributed by atoms with Crippen LogP contribution in [0.5, 0.6) is 0 Å². The Morgan fingerprint density at radius 1 is 1.24 bits per heavy atom. The van der Waals surface area contributed by atoms with E-state index in [9.17, 15) is 13.2 Å². The zero-order valence-corrected chi connectivity index (χ0v) is 15.1. The van der Waals surface area contributed by atoms with Crippen LogP contribution in [0.25, 0.3) is 11.3 Å². The third kappa shape index (κ3) is 3.88. The monoisotopic (exact) mass is 363 g/mol. The predicted molar refractivity (Wildman–Crippen MR) is 93.5 cm³/mol. The van der Waals surface area contributed by atoms with Crippen LogP contribution in [0.2, 0.25) is 0 Å². The fourth-order valence-electron chi connectivity index (χ4n) is 3.00. The first-order chi connectivity index (χ1) is 11.9. The van der Waals surface area contributed by atoms with Crippen LogP contribution in [-0.4, -0.2) is 70.6 Å². The number of hydrogen-bond donors (Lipinski definition) is 0. The molecule has 2 aromatic heterocycles. The average Bonchev–Trinajstić information content (AvgIpc) is 3.11. The minimum Gasteiger partial charge on any atom is -0.324 e. The van der Waals surface area contributed by atoms with Crippen LogP contribution in [-0.2, 0) is 10.0 Å². The van der Waals surface area contributed by atoms with Crippen molar-refractivity contribution in [3.05, 3.63) is 37.1 Å². The minimum absolute atomic E-state index is 0.0114. The molecule has 0 bridgehead atoms. The zero-order valence-electron chi connectivity index (χ0n) is 14.2. The molecule has 2 aromatic rings. The van der Waals surface area contributed by atoms with Crippen molar-refractivity contribution < 1.29 is 13.2 Å². The second-order valence-electron chi connectivity index (χ2n) is 6.19. The van der Waals surface area contributed by atoms with Crippen molar-refractivity contribution in [1.29, 1.82) is 0 Å². The molecule has 1 aliphatic rings. The number of pyridine rings is 1. The second-order valence-corrected chi connectivity index (χ2v) is 8.17. The van der Waals surface area contributed by atoms with E-state index in [0.717, 1.165) is 5.56 Å². The number of rotatable bonds is 3. The number of amides is 1. The Labute approximate surface area is 147 Å². The number of imidazole rings is 1. The normalized spacial score (nSPS) is 16.7. The van der Waals surface area contributed by atoms with E-state index in [0.29, 0.717) is 31.6 Å². The third-order valence-electron chi connectivity index (χ3n) is 4.52. The number of piperidine rings is 1. The summed E-state index contributed by atoms with van der Waals surface area (Å²) in [6.45, 7) is 0.876. The van der Waals surface area contributed by atoms with Crippen LogP contribution >= 0.6 is 0 Å². The van der Waals surface area contributed by atoms with Crippen LogP contribution in [0, 0.1) is 0 Å². The number of carbonyl (C=O) groups excluding carboxylic acids is 1. The van der Waals surface area contributed by atoms with Crippen molar-refractivity contribution in [3.8, 4) is 11.3 Å². The van der Waals surface area contributed by atoms with E-state index in [-0.39, 0.29) is 12.1 Å². The van der Waals surface area contributed by atoms with E-state index in [4.69, 9.17) is 0 Å². The average molecular weight is 363 g/mol. The SMILES string of the molecule is CN(C(=O)n1cnc(-c2ccncc2)c1)C1CCN(S(C)(=O)=O)CC1. The van der Waals surface area contributed by atoms with Gasteiger partial charge in [-0.25, -0.2) is 22.5 Å². The summed E-state index contributed by atoms with van der Waals surface area (Å²) in [6.07, 6.45) is 9.02. The molecule has 1 amide bonds. The molecule has 25 heavy (non-hydrogen) atoms. The molecule has 3 heterocycles. The summed E-state index contributed by atoms with van der Waals surface area (Å²) in [5.74, 6) is 0. The van der Waals surface area contributed by atoms with Gasteiger partial charge in [0.25, 0.3) is 0 Å². The molecule has 134 valence electrons. The molecule has 1 aliphatic heterocycles. The summed E-state index contributed by atoms with van der Waals surface area (Å²) in [4.78, 5) is 22.6. The quantitative estimate of drug-likeness (QED) is 0.819. The lowest BCUT2D eigenvalue weighted by atomic mass is 10.1. The molecule has 0 aliphatic carbocycles. The summed E-state index contributed by atoms with van der Waals surface area (Å²) in [5, 5.41) is 0. The maximum Gasteiger partial charge on any atom is 0.329 e. The molecule has 9 heteroatoms. The number of carbonyl (C=O) groups is 1. The van der Waals surface area contributed by atoms with Crippen LogP contribution in [0.1, 0.15) is 12.8 Å². The summed E-state index contributed by atoms with van der Waals surface area (Å²) in [6, 6.07) is 3.51. The van der Waals surface area contributed by atoms with E-state index in [2.05, 4.69) is 9.97 Å². The summed E-state index contributed by atoms with van der Waals surface area (Å²) in [7, 11) is -1.42. The molecule has 0 saturated carbocycles. The first kappa shape index (κ1) is 17.6. The van der Waals surface area contributed by atoms with Crippen LogP contribution in [0.3, 0.4) is 0 Å². The number of hydrogen-bond acceptors (Lipinski definition) is 5. The van der Waals surface area contributed by atoms with Crippen molar-refractivity contribution in [2.24, 2.45) is 0 Å². The van der Waals surface area contributed by atoms with Gasteiger partial charge in [-0.1, -0.05) is 0 Å². The number of aromatic nitrogens is 3. The number of nitrogens with zero attached hydrogens (tertiary/aromatic N) is 5. The Morgan fingerprint density at radius 2 is 1.88 bits per heavy atom. The number of sulfonamides is 1. The van der Waals surface area contributed by atoms with E-state index in [1.807, 2.05) is 12.1 Å². The molecule has 0 unspecified atom stereocenters. The Balaban J connectivity index is 1.67. The van der Waals surface area contributed by atoms with Gasteiger partial charge in [0.1, 0.15) is 6.33 Å². The fraction of sp³-hybridized carbons (Fsp3) is 0.438. The van der Waals surface area contributed by atoms with E-state index < -0.39 is 10.0 Å². The van der Waals surface area contributed by atoms with Crippen LogP contribution < -0.4 is 0 Å². The Kier molecular flexibility index (Phi) is 4.87. The van der Waals surface area contributed by atoms with Gasteiger partial charge < -0.3 is 4.90 Å². The van der Waals surface area contributed by atoms with Crippen LogP contribution in [0.4, 0.5) is 4.79 Å². The van der Waals surface area contributed by atoms with Crippen LogP contribution in [0.15, 0.2) is 37.1 Å². The molecular formula is C16H21N5O3S.